The SMILES string of the molecule is Cc1nc(C)n(CCC(=O)N2CCC3(CC2)CC2(CO3)NC(=O)c3ccccc3N2)n1. The van der Waals surface area contributed by atoms with Gasteiger partial charge in [0, 0.05) is 31.6 Å². The zero-order valence-corrected chi connectivity index (χ0v) is 18.0. The molecule has 31 heavy (non-hydrogen) atoms. The summed E-state index contributed by atoms with van der Waals surface area (Å²) in [5.74, 6) is 1.62. The van der Waals surface area contributed by atoms with Gasteiger partial charge in [0.1, 0.15) is 17.3 Å². The van der Waals surface area contributed by atoms with Crippen molar-refractivity contribution in [3.63, 3.8) is 0 Å². The first kappa shape index (κ1) is 20.0. The Kier molecular flexibility index (Phi) is 4.73. The summed E-state index contributed by atoms with van der Waals surface area (Å²) in [6, 6.07) is 7.54. The van der Waals surface area contributed by atoms with Crippen molar-refractivity contribution in [2.75, 3.05) is 25.0 Å². The first-order valence-corrected chi connectivity index (χ1v) is 10.9. The Balaban J connectivity index is 1.19. The number of hydrogen-bond donors (Lipinski definition) is 2. The molecule has 9 nitrogen and oxygen atoms in total. The fourth-order valence-electron chi connectivity index (χ4n) is 5.07. The number of hydrogen-bond acceptors (Lipinski definition) is 6. The molecule has 2 saturated heterocycles. The van der Waals surface area contributed by atoms with E-state index in [4.69, 9.17) is 4.74 Å². The monoisotopic (exact) mass is 424 g/mol. The third kappa shape index (κ3) is 3.67. The molecule has 2 aromatic rings. The van der Waals surface area contributed by atoms with E-state index < -0.39 is 5.66 Å². The number of nitrogens with zero attached hydrogens (tertiary/aromatic N) is 4. The molecule has 0 radical (unpaired) electrons. The van der Waals surface area contributed by atoms with Gasteiger partial charge >= 0.3 is 0 Å². The van der Waals surface area contributed by atoms with E-state index in [0.717, 1.165) is 30.2 Å². The standard InChI is InChI=1S/C22H28N6O3/c1-15-23-16(2)28(26-15)10-7-19(29)27-11-8-21(9-12-27)13-22(14-31-21)24-18-6-4-3-5-17(18)20(30)25-22/h3-6,24H,7-14H2,1-2H3,(H,25,30). The van der Waals surface area contributed by atoms with E-state index in [9.17, 15) is 9.59 Å². The molecule has 1 aromatic heterocycles. The third-order valence-electron chi connectivity index (χ3n) is 6.67. The Morgan fingerprint density at radius 2 is 1.97 bits per heavy atom. The van der Waals surface area contributed by atoms with Crippen LogP contribution in [0.25, 0.3) is 0 Å². The topological polar surface area (TPSA) is 101 Å². The van der Waals surface area contributed by atoms with E-state index in [1.165, 1.54) is 0 Å². The van der Waals surface area contributed by atoms with Crippen LogP contribution in [0.15, 0.2) is 24.3 Å². The number of nitrogens with one attached hydrogen (secondary N) is 2. The summed E-state index contributed by atoms with van der Waals surface area (Å²) < 4.78 is 8.07. The maximum absolute atomic E-state index is 12.7. The van der Waals surface area contributed by atoms with E-state index in [1.807, 2.05) is 43.0 Å². The van der Waals surface area contributed by atoms with Crippen molar-refractivity contribution in [3.8, 4) is 0 Å². The number of rotatable bonds is 3. The van der Waals surface area contributed by atoms with E-state index in [2.05, 4.69) is 20.7 Å². The van der Waals surface area contributed by atoms with Crippen molar-refractivity contribution in [2.24, 2.45) is 0 Å². The van der Waals surface area contributed by atoms with Crippen LogP contribution in [0.5, 0.6) is 0 Å². The highest BCUT2D eigenvalue weighted by Crippen LogP contribution is 2.42. The van der Waals surface area contributed by atoms with Crippen molar-refractivity contribution in [1.82, 2.24) is 25.0 Å². The minimum Gasteiger partial charge on any atom is -0.370 e. The molecule has 2 fully saturated rings. The predicted molar refractivity (Wildman–Crippen MR) is 113 cm³/mol. The first-order valence-electron chi connectivity index (χ1n) is 10.9. The number of fused-ring (bicyclic) bond motifs is 1. The number of carbonyl (C=O) groups excluding carboxylic acids is 2. The molecule has 0 aliphatic carbocycles. The first-order chi connectivity index (χ1) is 14.9. The maximum Gasteiger partial charge on any atom is 0.255 e. The Labute approximate surface area is 181 Å². The van der Waals surface area contributed by atoms with Crippen molar-refractivity contribution in [1.29, 1.82) is 0 Å². The second-order valence-electron chi connectivity index (χ2n) is 8.92. The van der Waals surface area contributed by atoms with E-state index in [0.29, 0.717) is 44.6 Å². The van der Waals surface area contributed by atoms with Crippen LogP contribution >= 0.6 is 0 Å². The van der Waals surface area contributed by atoms with Crippen LogP contribution in [0.4, 0.5) is 5.69 Å². The van der Waals surface area contributed by atoms with Gasteiger partial charge in [-0.3, -0.25) is 9.59 Å². The largest absolute Gasteiger partial charge is 0.370 e. The second-order valence-corrected chi connectivity index (χ2v) is 8.92. The number of amides is 2. The molecule has 0 saturated carbocycles. The molecule has 2 N–H and O–H groups in total. The number of carbonyl (C=O) groups is 2. The van der Waals surface area contributed by atoms with Gasteiger partial charge in [0.25, 0.3) is 5.91 Å². The van der Waals surface area contributed by atoms with Crippen LogP contribution in [0.3, 0.4) is 0 Å². The van der Waals surface area contributed by atoms with Crippen LogP contribution in [0.1, 0.15) is 47.7 Å². The average Bonchev–Trinajstić information content (AvgIpc) is 3.25. The molecule has 2 spiro atoms. The minimum atomic E-state index is -0.583. The fourth-order valence-corrected chi connectivity index (χ4v) is 5.07. The summed E-state index contributed by atoms with van der Waals surface area (Å²) in [4.78, 5) is 31.5. The Hall–Kier alpha value is -2.94. The smallest absolute Gasteiger partial charge is 0.255 e. The molecule has 4 heterocycles. The summed E-state index contributed by atoms with van der Waals surface area (Å²) in [6.45, 7) is 6.04. The van der Waals surface area contributed by atoms with E-state index >= 15 is 0 Å². The summed E-state index contributed by atoms with van der Waals surface area (Å²) in [5, 5.41) is 11.0. The van der Waals surface area contributed by atoms with Crippen molar-refractivity contribution < 1.29 is 14.3 Å². The maximum atomic E-state index is 12.7. The number of aryl methyl sites for hydroxylation is 3. The molecule has 1 aromatic carbocycles. The molecule has 3 aliphatic rings. The molecular formula is C22H28N6O3. The molecule has 0 bridgehead atoms. The molecule has 3 aliphatic heterocycles. The lowest BCUT2D eigenvalue weighted by Gasteiger charge is -2.41. The molecule has 2 amide bonds. The van der Waals surface area contributed by atoms with Gasteiger partial charge in [0.2, 0.25) is 5.91 Å². The number of likely N-dealkylation sites (tertiary alicyclic amines) is 1. The molecule has 5 rings (SSSR count). The summed E-state index contributed by atoms with van der Waals surface area (Å²) in [5.41, 5.74) is 0.605. The number of anilines is 1. The second kappa shape index (κ2) is 7.33. The normalized spacial score (nSPS) is 24.2. The van der Waals surface area contributed by atoms with Crippen LogP contribution < -0.4 is 10.6 Å². The zero-order valence-electron chi connectivity index (χ0n) is 18.0. The van der Waals surface area contributed by atoms with E-state index in [1.54, 1.807) is 4.68 Å². The number of benzene rings is 1. The van der Waals surface area contributed by atoms with Gasteiger partial charge in [-0.1, -0.05) is 12.1 Å². The third-order valence-corrected chi connectivity index (χ3v) is 6.67. The molecular weight excluding hydrogens is 396 g/mol. The highest BCUT2D eigenvalue weighted by molar-refractivity contribution is 6.02. The van der Waals surface area contributed by atoms with Crippen molar-refractivity contribution in [2.45, 2.75) is 57.3 Å². The van der Waals surface area contributed by atoms with Gasteiger partial charge in [-0.05, 0) is 38.8 Å². The van der Waals surface area contributed by atoms with Gasteiger partial charge in [-0.2, -0.15) is 5.10 Å². The fraction of sp³-hybridized carbons (Fsp3) is 0.545. The summed E-state index contributed by atoms with van der Waals surface area (Å²) in [6.07, 6.45) is 2.64. The lowest BCUT2D eigenvalue weighted by atomic mass is 9.84. The molecule has 1 unspecified atom stereocenters. The van der Waals surface area contributed by atoms with Crippen LogP contribution in [-0.4, -0.2) is 62.4 Å². The average molecular weight is 425 g/mol. The van der Waals surface area contributed by atoms with E-state index in [-0.39, 0.29) is 17.4 Å². The summed E-state index contributed by atoms with van der Waals surface area (Å²) >= 11 is 0. The molecule has 164 valence electrons. The van der Waals surface area contributed by atoms with Gasteiger partial charge in [0.15, 0.2) is 0 Å². The van der Waals surface area contributed by atoms with Gasteiger partial charge < -0.3 is 20.3 Å². The Morgan fingerprint density at radius 1 is 1.19 bits per heavy atom. The highest BCUT2D eigenvalue weighted by Gasteiger charge is 2.53. The lowest BCUT2D eigenvalue weighted by molar-refractivity contribution is -0.136. The predicted octanol–water partition coefficient (Wildman–Crippen LogP) is 1.62. The molecule has 9 heteroatoms. The van der Waals surface area contributed by atoms with Crippen molar-refractivity contribution >= 4 is 17.5 Å². The Bertz CT molecular complexity index is 1030. The number of aromatic nitrogens is 3. The lowest BCUT2D eigenvalue weighted by Crippen LogP contribution is -2.59. The zero-order chi connectivity index (χ0) is 21.6. The van der Waals surface area contributed by atoms with Gasteiger partial charge in [-0.25, -0.2) is 9.67 Å². The summed E-state index contributed by atoms with van der Waals surface area (Å²) in [7, 11) is 0. The van der Waals surface area contributed by atoms with Gasteiger partial charge in [-0.15, -0.1) is 0 Å². The number of piperidine rings is 1. The minimum absolute atomic E-state index is 0.0683. The quantitative estimate of drug-likeness (QED) is 0.777. The number of ether oxygens (including phenoxy) is 1. The van der Waals surface area contributed by atoms with Crippen LogP contribution in [0, 0.1) is 13.8 Å². The highest BCUT2D eigenvalue weighted by atomic mass is 16.5. The number of para-hydroxylation sites is 1. The van der Waals surface area contributed by atoms with Crippen molar-refractivity contribution in [3.05, 3.63) is 41.5 Å². The Morgan fingerprint density at radius 3 is 2.71 bits per heavy atom. The van der Waals surface area contributed by atoms with Gasteiger partial charge in [0.05, 0.1) is 24.3 Å². The van der Waals surface area contributed by atoms with Crippen LogP contribution in [-0.2, 0) is 16.1 Å². The molecule has 1 atom stereocenters. The van der Waals surface area contributed by atoms with Crippen LogP contribution in [0.2, 0.25) is 0 Å².